The summed E-state index contributed by atoms with van der Waals surface area (Å²) in [5, 5.41) is 2.74. The number of rotatable bonds is 10. The average Bonchev–Trinajstić information content (AvgIpc) is 3.79. The summed E-state index contributed by atoms with van der Waals surface area (Å²) < 4.78 is 2.68. The van der Waals surface area contributed by atoms with E-state index in [4.69, 9.17) is 0 Å². The maximum Gasteiger partial charge on any atom is 0.252 e. The van der Waals surface area contributed by atoms with E-state index >= 15 is 0 Å². The number of thiophene rings is 1. The Hall–Kier alpha value is -8.70. The van der Waals surface area contributed by atoms with Gasteiger partial charge in [-0.25, -0.2) is 0 Å². The van der Waals surface area contributed by atoms with Crippen molar-refractivity contribution < 1.29 is 0 Å². The summed E-state index contributed by atoms with van der Waals surface area (Å²) in [5.41, 5.74) is 25.6. The van der Waals surface area contributed by atoms with Gasteiger partial charge in [-0.1, -0.05) is 228 Å². The molecule has 0 unspecified atom stereocenters. The largest absolute Gasteiger partial charge is 0.311 e. The maximum atomic E-state index is 2.70. The molecule has 0 amide bonds. The Morgan fingerprint density at radius 2 is 0.859 bits per heavy atom. The van der Waals surface area contributed by atoms with Gasteiger partial charge >= 0.3 is 0 Å². The number of hydrogen-bond acceptors (Lipinski definition) is 3. The molecular weight excluding hydrogens is 960 g/mol. The minimum atomic E-state index is -0.201. The smallest absolute Gasteiger partial charge is 0.252 e. The minimum absolute atomic E-state index is 0.109. The molecule has 1 aromatic heterocycles. The summed E-state index contributed by atoms with van der Waals surface area (Å²) in [6.45, 7) is 9.37. The summed E-state index contributed by atoms with van der Waals surface area (Å²) in [6, 6.07) is 93.7. The van der Waals surface area contributed by atoms with Crippen LogP contribution in [-0.2, 0) is 11.8 Å². The van der Waals surface area contributed by atoms with Crippen LogP contribution in [0.2, 0.25) is 0 Å². The predicted molar refractivity (Wildman–Crippen MR) is 338 cm³/mol. The zero-order valence-corrected chi connectivity index (χ0v) is 45.5. The average molecular weight is 1020 g/mol. The lowest BCUT2D eigenvalue weighted by molar-refractivity contribution is 0.590. The second-order valence-corrected chi connectivity index (χ2v) is 23.3. The molecule has 14 rings (SSSR count). The third-order valence-electron chi connectivity index (χ3n) is 16.4. The van der Waals surface area contributed by atoms with Gasteiger partial charge in [-0.15, -0.1) is 11.3 Å². The fraction of sp³-hybridized carbons (Fsp3) is 0.108. The van der Waals surface area contributed by atoms with Crippen LogP contribution in [0, 0.1) is 0 Å². The molecule has 11 aromatic carbocycles. The van der Waals surface area contributed by atoms with Gasteiger partial charge in [0, 0.05) is 59.7 Å². The van der Waals surface area contributed by atoms with Crippen LogP contribution >= 0.6 is 11.3 Å². The topological polar surface area (TPSA) is 6.48 Å². The molecule has 0 aliphatic carbocycles. The highest BCUT2D eigenvalue weighted by molar-refractivity contribution is 7.25. The third kappa shape index (κ3) is 8.09. The number of benzene rings is 11. The molecule has 0 spiro atoms. The summed E-state index contributed by atoms with van der Waals surface area (Å²) in [4.78, 5) is 5.39. The van der Waals surface area contributed by atoms with Gasteiger partial charge in [0.1, 0.15) is 0 Å². The number of fused-ring (bicyclic) bond motifs is 7. The summed E-state index contributed by atoms with van der Waals surface area (Å²) >= 11 is 1.92. The van der Waals surface area contributed by atoms with Crippen LogP contribution in [-0.4, -0.2) is 6.71 Å². The fourth-order valence-electron chi connectivity index (χ4n) is 12.6. The molecule has 0 saturated carbocycles. The van der Waals surface area contributed by atoms with E-state index in [0.717, 1.165) is 24.9 Å². The first kappa shape index (κ1) is 47.7. The molecular formula is C74H59BN2S. The normalized spacial score (nSPS) is 12.7. The van der Waals surface area contributed by atoms with Crippen LogP contribution in [0.25, 0.3) is 75.8 Å². The lowest BCUT2D eigenvalue weighted by Gasteiger charge is -2.46. The van der Waals surface area contributed by atoms with Gasteiger partial charge in [-0.2, -0.15) is 0 Å². The zero-order chi connectivity index (χ0) is 52.5. The Kier molecular flexibility index (Phi) is 11.9. The van der Waals surface area contributed by atoms with Crippen LogP contribution in [0.15, 0.2) is 249 Å². The highest BCUT2D eigenvalue weighted by Crippen LogP contribution is 2.53. The van der Waals surface area contributed by atoms with Crippen molar-refractivity contribution in [3.63, 3.8) is 0 Å². The van der Waals surface area contributed by atoms with Crippen molar-refractivity contribution in [2.24, 2.45) is 0 Å². The number of aryl methyl sites for hydroxylation is 1. The Morgan fingerprint density at radius 3 is 1.38 bits per heavy atom. The van der Waals surface area contributed by atoms with E-state index < -0.39 is 0 Å². The molecule has 0 fully saturated rings. The molecule has 0 bridgehead atoms. The molecule has 0 N–H and O–H groups in total. The highest BCUT2D eigenvalue weighted by Gasteiger charge is 2.46. The fourth-order valence-corrected chi connectivity index (χ4v) is 13.7. The monoisotopic (exact) mass is 1020 g/mol. The highest BCUT2D eigenvalue weighted by atomic mass is 32.1. The number of nitrogens with zero attached hydrogens (tertiary/aromatic N) is 2. The predicted octanol–water partition coefficient (Wildman–Crippen LogP) is 19.1. The van der Waals surface area contributed by atoms with E-state index in [-0.39, 0.29) is 12.1 Å². The van der Waals surface area contributed by atoms with Gasteiger partial charge in [0.25, 0.3) is 6.71 Å². The van der Waals surface area contributed by atoms with Crippen molar-refractivity contribution in [3.05, 3.63) is 260 Å². The number of unbranched alkanes of at least 4 members (excludes halogenated alkanes) is 1. The number of anilines is 6. The molecule has 2 nitrogen and oxygen atoms in total. The van der Waals surface area contributed by atoms with Gasteiger partial charge in [0.2, 0.25) is 0 Å². The zero-order valence-electron chi connectivity index (χ0n) is 44.7. The van der Waals surface area contributed by atoms with E-state index in [2.05, 4.69) is 286 Å². The van der Waals surface area contributed by atoms with Crippen LogP contribution in [0.5, 0.6) is 0 Å². The summed E-state index contributed by atoms with van der Waals surface area (Å²) in [5.74, 6) is 0. The molecule has 12 aromatic rings. The quantitative estimate of drug-likeness (QED) is 0.126. The standard InChI is InChI=1S/C74H59BN2S/c1-5-6-34-58-64(41-42-70-71(58)59-35-22-23-36-69(59)78-70)76-65-39-37-54(49-24-12-7-13-25-49)45-62(65)75-63-46-55(50-26-14-8-15-27-50)38-40-66(63)77(68-48-57(74(2,3)4)47-67(76)72(68)75)73-60(52-30-18-10-19-31-52)43-56(51-28-16-9-17-29-51)44-61(73)53-32-20-11-21-33-53/h7-33,35-48H,5-6,34H2,1-4H3. The van der Waals surface area contributed by atoms with E-state index in [1.807, 2.05) is 11.3 Å². The van der Waals surface area contributed by atoms with E-state index in [1.165, 1.54) is 132 Å². The van der Waals surface area contributed by atoms with Gasteiger partial charge in [0.05, 0.1) is 5.69 Å². The van der Waals surface area contributed by atoms with Crippen molar-refractivity contribution in [3.8, 4) is 55.6 Å². The Balaban J connectivity index is 1.16. The second kappa shape index (κ2) is 19.4. The molecule has 0 saturated heterocycles. The minimum Gasteiger partial charge on any atom is -0.311 e. The van der Waals surface area contributed by atoms with Crippen molar-refractivity contribution in [2.75, 3.05) is 9.80 Å². The van der Waals surface area contributed by atoms with Crippen molar-refractivity contribution in [2.45, 2.75) is 52.4 Å². The molecule has 2 aliphatic rings. The van der Waals surface area contributed by atoms with Gasteiger partial charge < -0.3 is 9.80 Å². The third-order valence-corrected chi connectivity index (χ3v) is 17.5. The lowest BCUT2D eigenvalue weighted by Crippen LogP contribution is -2.61. The van der Waals surface area contributed by atoms with Crippen LogP contribution < -0.4 is 26.2 Å². The number of hydrogen-bond donors (Lipinski definition) is 0. The second-order valence-electron chi connectivity index (χ2n) is 22.2. The first-order valence-electron chi connectivity index (χ1n) is 27.8. The molecule has 374 valence electrons. The summed E-state index contributed by atoms with van der Waals surface area (Å²) in [6.07, 6.45) is 3.18. The van der Waals surface area contributed by atoms with E-state index in [1.54, 1.807) is 0 Å². The molecule has 0 radical (unpaired) electrons. The van der Waals surface area contributed by atoms with Crippen LogP contribution in [0.4, 0.5) is 34.1 Å². The molecule has 78 heavy (non-hydrogen) atoms. The van der Waals surface area contributed by atoms with Crippen molar-refractivity contribution >= 4 is 88.7 Å². The van der Waals surface area contributed by atoms with Gasteiger partial charge in [0.15, 0.2) is 0 Å². The SMILES string of the molecule is CCCCc1c(N2c3ccc(-c4ccccc4)cc3B3c4cc(-c5ccccc5)ccc4N(c4c(-c5ccccc5)cc(-c5ccccc5)cc4-c4ccccc4)c4cc(C(C)(C)C)cc2c43)ccc2sc3ccccc3c12. The molecule has 4 heteroatoms. The van der Waals surface area contributed by atoms with E-state index in [9.17, 15) is 0 Å². The molecule has 0 atom stereocenters. The first-order chi connectivity index (χ1) is 38.3. The Bertz CT molecular complexity index is 4160. The Labute approximate surface area is 463 Å². The van der Waals surface area contributed by atoms with E-state index in [0.29, 0.717) is 0 Å². The van der Waals surface area contributed by atoms with Crippen LogP contribution in [0.1, 0.15) is 51.7 Å². The lowest BCUT2D eigenvalue weighted by atomic mass is 9.33. The van der Waals surface area contributed by atoms with Crippen LogP contribution in [0.3, 0.4) is 0 Å². The maximum absolute atomic E-state index is 2.70. The first-order valence-corrected chi connectivity index (χ1v) is 28.6. The molecule has 2 aliphatic heterocycles. The van der Waals surface area contributed by atoms with Gasteiger partial charge in [-0.3, -0.25) is 0 Å². The molecule has 3 heterocycles. The van der Waals surface area contributed by atoms with Crippen molar-refractivity contribution in [1.82, 2.24) is 0 Å². The Morgan fingerprint density at radius 1 is 0.397 bits per heavy atom. The van der Waals surface area contributed by atoms with Gasteiger partial charge in [-0.05, 0) is 145 Å². The van der Waals surface area contributed by atoms with Crippen molar-refractivity contribution in [1.29, 1.82) is 0 Å². The summed E-state index contributed by atoms with van der Waals surface area (Å²) in [7, 11) is 0.